The maximum atomic E-state index is 13.7. The molecule has 0 radical (unpaired) electrons. The van der Waals surface area contributed by atoms with E-state index in [1.165, 1.54) is 37.5 Å². The van der Waals surface area contributed by atoms with Crippen molar-refractivity contribution in [3.05, 3.63) is 84.7 Å². The maximum absolute atomic E-state index is 13.7. The van der Waals surface area contributed by atoms with Gasteiger partial charge >= 0.3 is 6.36 Å². The molecule has 5 aromatic rings. The third-order valence-corrected chi connectivity index (χ3v) is 5.39. The highest BCUT2D eigenvalue weighted by Crippen LogP contribution is 2.37. The first kappa shape index (κ1) is 25.4. The van der Waals surface area contributed by atoms with Crippen LogP contribution in [-0.2, 0) is 0 Å². The number of benzene rings is 2. The monoisotopic (exact) mass is 538 g/mol. The van der Waals surface area contributed by atoms with E-state index in [1.54, 1.807) is 24.3 Å². The molecule has 0 aliphatic carbocycles. The number of aromatic nitrogens is 4. The predicted octanol–water partition coefficient (Wildman–Crippen LogP) is 5.95. The summed E-state index contributed by atoms with van der Waals surface area (Å²) in [6.07, 6.45) is -2.34. The van der Waals surface area contributed by atoms with Crippen molar-refractivity contribution < 1.29 is 31.8 Å². The quantitative estimate of drug-likeness (QED) is 0.173. The summed E-state index contributed by atoms with van der Waals surface area (Å²) >= 11 is 0. The number of ether oxygens (including phenoxy) is 2. The molecule has 9 nitrogen and oxygen atoms in total. The van der Waals surface area contributed by atoms with E-state index in [0.717, 1.165) is 18.3 Å². The molecule has 0 fully saturated rings. The van der Waals surface area contributed by atoms with Gasteiger partial charge in [-0.1, -0.05) is 0 Å². The second kappa shape index (κ2) is 10.3. The molecule has 13 heteroatoms. The Morgan fingerprint density at radius 1 is 0.949 bits per heavy atom. The van der Waals surface area contributed by atoms with Crippen molar-refractivity contribution >= 4 is 28.6 Å². The first-order valence-electron chi connectivity index (χ1n) is 11.3. The van der Waals surface area contributed by atoms with Gasteiger partial charge in [-0.05, 0) is 48.0 Å². The zero-order valence-corrected chi connectivity index (χ0v) is 20.0. The summed E-state index contributed by atoms with van der Waals surface area (Å²) in [4.78, 5) is 26.8. The predicted molar refractivity (Wildman–Crippen MR) is 133 cm³/mol. The molecule has 0 unspecified atom stereocenters. The molecule has 1 amide bonds. The number of aromatic amines is 1. The summed E-state index contributed by atoms with van der Waals surface area (Å²) in [6.45, 7) is 0. The average Bonchev–Trinajstić information content (AvgIpc) is 3.30. The number of nitrogens with zero attached hydrogens (tertiary/aromatic N) is 3. The number of halogens is 4. The Balaban J connectivity index is 1.40. The number of hydrogen-bond donors (Lipinski definition) is 3. The van der Waals surface area contributed by atoms with Gasteiger partial charge in [0.15, 0.2) is 0 Å². The third kappa shape index (κ3) is 6.04. The molecule has 0 bridgehead atoms. The second-order valence-corrected chi connectivity index (χ2v) is 8.07. The van der Waals surface area contributed by atoms with Crippen molar-refractivity contribution in [3.8, 4) is 28.4 Å². The first-order chi connectivity index (χ1) is 18.7. The minimum absolute atomic E-state index is 0.00102. The van der Waals surface area contributed by atoms with Crippen LogP contribution in [0.4, 0.5) is 29.2 Å². The van der Waals surface area contributed by atoms with E-state index in [4.69, 9.17) is 4.74 Å². The Morgan fingerprint density at radius 2 is 1.74 bits per heavy atom. The summed E-state index contributed by atoms with van der Waals surface area (Å²) in [5.41, 5.74) is 1.89. The fourth-order valence-corrected chi connectivity index (χ4v) is 3.73. The van der Waals surface area contributed by atoms with E-state index in [1.807, 2.05) is 0 Å². The number of carbonyl (C=O) groups excluding carboxylic acids is 1. The fourth-order valence-electron chi connectivity index (χ4n) is 3.73. The maximum Gasteiger partial charge on any atom is 0.573 e. The van der Waals surface area contributed by atoms with E-state index in [0.29, 0.717) is 34.2 Å². The van der Waals surface area contributed by atoms with Crippen molar-refractivity contribution in [2.75, 3.05) is 12.4 Å². The van der Waals surface area contributed by atoms with E-state index in [9.17, 15) is 22.4 Å². The van der Waals surface area contributed by atoms with Crippen LogP contribution in [0, 0.1) is 5.95 Å². The van der Waals surface area contributed by atoms with Crippen LogP contribution < -0.4 is 20.1 Å². The van der Waals surface area contributed by atoms with Crippen LogP contribution in [-0.4, -0.2) is 39.3 Å². The van der Waals surface area contributed by atoms with Gasteiger partial charge in [0.1, 0.15) is 22.9 Å². The number of H-pyrrole nitrogens is 1. The van der Waals surface area contributed by atoms with Crippen LogP contribution in [0.3, 0.4) is 0 Å². The molecule has 0 aliphatic rings. The summed E-state index contributed by atoms with van der Waals surface area (Å²) in [7, 11) is 1.50. The molecule has 3 aromatic heterocycles. The van der Waals surface area contributed by atoms with Gasteiger partial charge in [0.05, 0.1) is 11.0 Å². The summed E-state index contributed by atoms with van der Waals surface area (Å²) in [5, 5.41) is 5.49. The molecule has 198 valence electrons. The van der Waals surface area contributed by atoms with E-state index >= 15 is 0 Å². The van der Waals surface area contributed by atoms with Gasteiger partial charge in [0.2, 0.25) is 11.9 Å². The molecule has 5 rings (SSSR count). The van der Waals surface area contributed by atoms with E-state index in [2.05, 4.69) is 35.3 Å². The zero-order chi connectivity index (χ0) is 27.6. The Kier molecular flexibility index (Phi) is 6.71. The van der Waals surface area contributed by atoms with Crippen molar-refractivity contribution in [1.82, 2.24) is 25.3 Å². The normalized spacial score (nSPS) is 11.3. The lowest BCUT2D eigenvalue weighted by Gasteiger charge is -2.15. The molecule has 0 aliphatic heterocycles. The number of pyridine rings is 2. The number of rotatable bonds is 7. The minimum Gasteiger partial charge on any atom is -0.457 e. The van der Waals surface area contributed by atoms with Gasteiger partial charge in [0, 0.05) is 48.9 Å². The number of nitrogens with one attached hydrogen (secondary N) is 3. The van der Waals surface area contributed by atoms with Crippen molar-refractivity contribution in [1.29, 1.82) is 0 Å². The minimum atomic E-state index is -4.94. The van der Waals surface area contributed by atoms with Crippen molar-refractivity contribution in [2.24, 2.45) is 0 Å². The van der Waals surface area contributed by atoms with E-state index in [-0.39, 0.29) is 22.7 Å². The molecule has 3 heterocycles. The number of imidazole rings is 1. The van der Waals surface area contributed by atoms with Crippen LogP contribution in [0.1, 0.15) is 10.5 Å². The van der Waals surface area contributed by atoms with Crippen LogP contribution in [0.5, 0.6) is 17.2 Å². The average molecular weight is 538 g/mol. The Hall–Kier alpha value is -5.20. The SMILES string of the molecule is CNC(=O)c1cc(Oc2ccc3[nH]c(Nc4ccc(OC(F)(F)F)c(-c5ccnc(F)c5)c4)nc3c2)ccn1. The lowest BCUT2D eigenvalue weighted by Crippen LogP contribution is -2.18. The van der Waals surface area contributed by atoms with Crippen molar-refractivity contribution in [2.45, 2.75) is 6.36 Å². The molecular formula is C26H18F4N6O3. The lowest BCUT2D eigenvalue weighted by atomic mass is 10.1. The van der Waals surface area contributed by atoms with Crippen molar-refractivity contribution in [3.63, 3.8) is 0 Å². The molecule has 0 saturated carbocycles. The smallest absolute Gasteiger partial charge is 0.457 e. The summed E-state index contributed by atoms with van der Waals surface area (Å²) in [5.74, 6) is -0.557. The summed E-state index contributed by atoms with van der Waals surface area (Å²) in [6, 6.07) is 14.5. The molecule has 39 heavy (non-hydrogen) atoms. The van der Waals surface area contributed by atoms with Gasteiger partial charge in [-0.15, -0.1) is 13.2 Å². The highest BCUT2D eigenvalue weighted by molar-refractivity contribution is 5.92. The Labute approximate surface area is 217 Å². The molecular weight excluding hydrogens is 520 g/mol. The van der Waals surface area contributed by atoms with Crippen LogP contribution in [0.15, 0.2) is 73.1 Å². The number of carbonyl (C=O) groups is 1. The number of fused-ring (bicyclic) bond motifs is 1. The highest BCUT2D eigenvalue weighted by atomic mass is 19.4. The third-order valence-electron chi connectivity index (χ3n) is 5.39. The van der Waals surface area contributed by atoms with Gasteiger partial charge in [-0.3, -0.25) is 9.78 Å². The Morgan fingerprint density at radius 3 is 2.51 bits per heavy atom. The van der Waals surface area contributed by atoms with Gasteiger partial charge in [-0.2, -0.15) is 4.39 Å². The molecule has 3 N–H and O–H groups in total. The van der Waals surface area contributed by atoms with Gasteiger partial charge < -0.3 is 25.1 Å². The zero-order valence-electron chi connectivity index (χ0n) is 20.0. The van der Waals surface area contributed by atoms with Gasteiger partial charge in [0.25, 0.3) is 5.91 Å². The fraction of sp³-hybridized carbons (Fsp3) is 0.0769. The van der Waals surface area contributed by atoms with Crippen LogP contribution in [0.25, 0.3) is 22.2 Å². The summed E-state index contributed by atoms with van der Waals surface area (Å²) < 4.78 is 62.5. The first-order valence-corrected chi connectivity index (χ1v) is 11.3. The second-order valence-electron chi connectivity index (χ2n) is 8.07. The number of hydrogen-bond acceptors (Lipinski definition) is 7. The Bertz CT molecular complexity index is 1670. The number of anilines is 2. The molecule has 0 saturated heterocycles. The number of alkyl halides is 3. The van der Waals surface area contributed by atoms with E-state index < -0.39 is 18.1 Å². The number of amides is 1. The topological polar surface area (TPSA) is 114 Å². The van der Waals surface area contributed by atoms with Crippen LogP contribution >= 0.6 is 0 Å². The van der Waals surface area contributed by atoms with Gasteiger partial charge in [-0.25, -0.2) is 9.97 Å². The largest absolute Gasteiger partial charge is 0.573 e. The standard InChI is InChI=1S/C26H18F4N6O3/c1-31-24(37)21-13-17(7-9-32-21)38-16-3-4-19-20(12-16)36-25(35-19)34-15-2-5-22(39-26(28,29)30)18(11-15)14-6-8-33-23(27)10-14/h2-13H,1H3,(H,31,37)(H2,34,35,36). The van der Waals surface area contributed by atoms with Crippen LogP contribution in [0.2, 0.25) is 0 Å². The molecule has 0 spiro atoms. The molecule has 0 atom stereocenters. The highest BCUT2D eigenvalue weighted by Gasteiger charge is 2.32. The lowest BCUT2D eigenvalue weighted by molar-refractivity contribution is -0.274. The molecule has 2 aromatic carbocycles.